The Hall–Kier alpha value is -4.20. The van der Waals surface area contributed by atoms with Crippen LogP contribution < -0.4 is 18.5 Å². The molecular weight excluding hydrogens is 627 g/mol. The fourth-order valence-corrected chi connectivity index (χ4v) is 8.24. The lowest BCUT2D eigenvalue weighted by atomic mass is 9.80. The number of hydrogen-bond donors (Lipinski definition) is 0. The van der Waals surface area contributed by atoms with E-state index in [1.807, 2.05) is 31.1 Å². The first-order valence-corrected chi connectivity index (χ1v) is 16.7. The lowest BCUT2D eigenvalue weighted by Gasteiger charge is -2.42. The Balaban J connectivity index is 1.86. The summed E-state index contributed by atoms with van der Waals surface area (Å²) in [6, 6.07) is 12.4. The van der Waals surface area contributed by atoms with Gasteiger partial charge in [-0.1, -0.05) is 6.07 Å². The zero-order chi connectivity index (χ0) is 34.3. The van der Waals surface area contributed by atoms with Gasteiger partial charge in [0.05, 0.1) is 33.1 Å². The summed E-state index contributed by atoms with van der Waals surface area (Å²) >= 11 is 0. The first-order valence-electron chi connectivity index (χ1n) is 15.2. The van der Waals surface area contributed by atoms with Crippen molar-refractivity contribution in [3.05, 3.63) is 77.1 Å². The van der Waals surface area contributed by atoms with E-state index in [1.54, 1.807) is 25.1 Å². The van der Waals surface area contributed by atoms with Crippen molar-refractivity contribution in [3.8, 4) is 17.2 Å². The maximum Gasteiger partial charge on any atom is 0.274 e. The van der Waals surface area contributed by atoms with E-state index in [4.69, 9.17) is 14.2 Å². The van der Waals surface area contributed by atoms with Gasteiger partial charge in [-0.2, -0.15) is 0 Å². The number of likely N-dealkylation sites (N-methyl/N-ethyl adjacent to an activating group) is 2. The van der Waals surface area contributed by atoms with Gasteiger partial charge in [0.25, 0.3) is 15.9 Å². The number of anilines is 1. The van der Waals surface area contributed by atoms with Crippen molar-refractivity contribution in [3.63, 3.8) is 0 Å². The highest BCUT2D eigenvalue weighted by Gasteiger charge is 2.63. The molecule has 0 saturated carbocycles. The van der Waals surface area contributed by atoms with Gasteiger partial charge in [0.2, 0.25) is 5.91 Å². The summed E-state index contributed by atoms with van der Waals surface area (Å²) in [4.78, 5) is 34.1. The van der Waals surface area contributed by atoms with Crippen molar-refractivity contribution < 1.29 is 36.6 Å². The molecule has 0 aromatic heterocycles. The second-order valence-corrected chi connectivity index (χ2v) is 13.9. The molecule has 0 bridgehead atoms. The summed E-state index contributed by atoms with van der Waals surface area (Å²) in [5.74, 6) is -1.19. The number of halogens is 1. The number of rotatable bonds is 11. The zero-order valence-electron chi connectivity index (χ0n) is 27.7. The summed E-state index contributed by atoms with van der Waals surface area (Å²) in [5, 5.41) is 0. The van der Waals surface area contributed by atoms with Crippen LogP contribution in [0.15, 0.2) is 59.5 Å². The highest BCUT2D eigenvalue weighted by molar-refractivity contribution is 7.93. The van der Waals surface area contributed by atoms with Crippen LogP contribution in [-0.2, 0) is 31.6 Å². The average Bonchev–Trinajstić information content (AvgIpc) is 3.63. The summed E-state index contributed by atoms with van der Waals surface area (Å²) in [6.07, 6.45) is 1.57. The van der Waals surface area contributed by atoms with Gasteiger partial charge in [-0.15, -0.1) is 0 Å². The maximum atomic E-state index is 15.4. The van der Waals surface area contributed by atoms with Crippen LogP contribution in [0.5, 0.6) is 17.2 Å². The standard InChI is InChI=1S/C34H41FN4O7S/c1-36(2)18-16-22-10-14-29(45-6)26(19-22)34(38-17-8-9-28(38)32(40)37(3)4)25-20-23(35)11-13-27(25)39(33(34)41)47(42,43)31-15-12-24(44-5)21-30(31)46-7/h10-15,19-21,28H,8-9,16-18H2,1-7H3/t28-,34?/m0/s1. The van der Waals surface area contributed by atoms with Gasteiger partial charge in [0.1, 0.15) is 28.0 Å². The highest BCUT2D eigenvalue weighted by Crippen LogP contribution is 2.55. The van der Waals surface area contributed by atoms with Crippen molar-refractivity contribution in [1.82, 2.24) is 14.7 Å². The number of likely N-dealkylation sites (tertiary alicyclic amines) is 1. The summed E-state index contributed by atoms with van der Waals surface area (Å²) in [7, 11) is 6.69. The Bertz CT molecular complexity index is 1800. The van der Waals surface area contributed by atoms with Crippen LogP contribution in [0.4, 0.5) is 10.1 Å². The monoisotopic (exact) mass is 668 g/mol. The molecule has 1 fully saturated rings. The predicted octanol–water partition coefficient (Wildman–Crippen LogP) is 3.49. The van der Waals surface area contributed by atoms with Crippen molar-refractivity contribution in [2.45, 2.75) is 35.7 Å². The number of ether oxygens (including phenoxy) is 3. The number of methoxy groups -OCH3 is 3. The van der Waals surface area contributed by atoms with E-state index in [9.17, 15) is 13.2 Å². The second-order valence-electron chi connectivity index (χ2n) is 12.1. The lowest BCUT2D eigenvalue weighted by Crippen LogP contribution is -2.59. The van der Waals surface area contributed by atoms with Crippen LogP contribution in [0.2, 0.25) is 0 Å². The molecule has 47 heavy (non-hydrogen) atoms. The van der Waals surface area contributed by atoms with E-state index in [0.29, 0.717) is 47.2 Å². The van der Waals surface area contributed by atoms with Gasteiger partial charge in [-0.25, -0.2) is 17.1 Å². The molecule has 11 nitrogen and oxygen atoms in total. The number of amides is 2. The van der Waals surface area contributed by atoms with Gasteiger partial charge >= 0.3 is 0 Å². The van der Waals surface area contributed by atoms with E-state index < -0.39 is 33.3 Å². The quantitative estimate of drug-likeness (QED) is 0.304. The van der Waals surface area contributed by atoms with Gasteiger partial charge in [-0.05, 0) is 81.4 Å². The fraction of sp³-hybridized carbons (Fsp3) is 0.412. The Morgan fingerprint density at radius 3 is 2.30 bits per heavy atom. The summed E-state index contributed by atoms with van der Waals surface area (Å²) in [6.45, 7) is 0.956. The lowest BCUT2D eigenvalue weighted by molar-refractivity contribution is -0.138. The topological polar surface area (TPSA) is 109 Å². The molecule has 0 N–H and O–H groups in total. The van der Waals surface area contributed by atoms with E-state index in [1.165, 1.54) is 56.6 Å². The van der Waals surface area contributed by atoms with E-state index in [0.717, 1.165) is 11.6 Å². The number of carbonyl (C=O) groups is 2. The Morgan fingerprint density at radius 1 is 0.936 bits per heavy atom. The molecule has 5 rings (SSSR count). The minimum absolute atomic E-state index is 0.0297. The summed E-state index contributed by atoms with van der Waals surface area (Å²) < 4.78 is 62.0. The van der Waals surface area contributed by atoms with Crippen molar-refractivity contribution >= 4 is 27.5 Å². The SMILES string of the molecule is COc1ccc(S(=O)(=O)N2C(=O)C(c3cc(CCN(C)C)ccc3OC)(N3CCC[C@H]3C(=O)N(C)C)c3cc(F)ccc32)c(OC)c1. The third-order valence-corrected chi connectivity index (χ3v) is 10.6. The van der Waals surface area contributed by atoms with Crippen molar-refractivity contribution in [1.29, 1.82) is 0 Å². The number of benzene rings is 3. The molecule has 1 saturated heterocycles. The van der Waals surface area contributed by atoms with E-state index in [2.05, 4.69) is 0 Å². The van der Waals surface area contributed by atoms with Gasteiger partial charge in [-0.3, -0.25) is 14.5 Å². The van der Waals surface area contributed by atoms with Crippen LogP contribution in [0.3, 0.4) is 0 Å². The number of hydrogen-bond acceptors (Lipinski definition) is 9. The third-order valence-electron chi connectivity index (χ3n) is 8.86. The Labute approximate surface area is 275 Å². The zero-order valence-corrected chi connectivity index (χ0v) is 28.6. The molecule has 0 aliphatic carbocycles. The minimum atomic E-state index is -4.68. The first kappa shape index (κ1) is 34.1. The summed E-state index contributed by atoms with van der Waals surface area (Å²) in [5.41, 5.74) is -0.701. The average molecular weight is 669 g/mol. The first-order chi connectivity index (χ1) is 22.3. The molecule has 2 atom stereocenters. The van der Waals surface area contributed by atoms with Crippen LogP contribution >= 0.6 is 0 Å². The minimum Gasteiger partial charge on any atom is -0.497 e. The molecule has 3 aromatic rings. The van der Waals surface area contributed by atoms with Crippen molar-refractivity contribution in [2.24, 2.45) is 0 Å². The van der Waals surface area contributed by atoms with Gasteiger partial charge < -0.3 is 24.0 Å². The number of carbonyl (C=O) groups excluding carboxylic acids is 2. The molecule has 13 heteroatoms. The third kappa shape index (κ3) is 5.70. The number of nitrogens with zero attached hydrogens (tertiary/aromatic N) is 4. The fourth-order valence-electron chi connectivity index (χ4n) is 6.63. The largest absolute Gasteiger partial charge is 0.497 e. The molecule has 1 unspecified atom stereocenters. The molecule has 0 radical (unpaired) electrons. The van der Waals surface area contributed by atoms with Crippen molar-refractivity contribution in [2.75, 3.05) is 66.9 Å². The predicted molar refractivity (Wildman–Crippen MR) is 175 cm³/mol. The molecule has 252 valence electrons. The smallest absolute Gasteiger partial charge is 0.274 e. The molecular formula is C34H41FN4O7S. The highest BCUT2D eigenvalue weighted by atomic mass is 32.2. The molecule has 0 spiro atoms. The molecule has 2 aliphatic rings. The molecule has 2 amide bonds. The van der Waals surface area contributed by atoms with E-state index in [-0.39, 0.29) is 34.3 Å². The Morgan fingerprint density at radius 2 is 1.66 bits per heavy atom. The number of sulfonamides is 1. The number of fused-ring (bicyclic) bond motifs is 1. The second kappa shape index (κ2) is 13.1. The molecule has 3 aromatic carbocycles. The molecule has 2 aliphatic heterocycles. The van der Waals surface area contributed by atoms with Gasteiger partial charge in [0, 0.05) is 44.4 Å². The maximum absolute atomic E-state index is 15.4. The van der Waals surface area contributed by atoms with Crippen LogP contribution in [-0.4, -0.2) is 104 Å². The molecule has 2 heterocycles. The Kier molecular flexibility index (Phi) is 9.54. The van der Waals surface area contributed by atoms with Gasteiger partial charge in [0.15, 0.2) is 5.54 Å². The van der Waals surface area contributed by atoms with Crippen LogP contribution in [0, 0.1) is 5.82 Å². The van der Waals surface area contributed by atoms with Crippen LogP contribution in [0.1, 0.15) is 29.5 Å². The van der Waals surface area contributed by atoms with Crippen LogP contribution in [0.25, 0.3) is 0 Å². The van der Waals surface area contributed by atoms with E-state index >= 15 is 9.18 Å². The normalized spacial score (nSPS) is 19.6.